The van der Waals surface area contributed by atoms with E-state index in [1.807, 2.05) is 0 Å². The zero-order valence-electron chi connectivity index (χ0n) is 8.31. The molecule has 1 aliphatic rings. The molecule has 0 saturated heterocycles. The third-order valence-corrected chi connectivity index (χ3v) is 3.41. The Hall–Kier alpha value is -1.10. The maximum absolute atomic E-state index is 11.1. The molecule has 0 bridgehead atoms. The van der Waals surface area contributed by atoms with Gasteiger partial charge >= 0.3 is 13.6 Å². The van der Waals surface area contributed by atoms with Gasteiger partial charge in [0.1, 0.15) is 0 Å². The highest BCUT2D eigenvalue weighted by Gasteiger charge is 2.30. The first kappa shape index (κ1) is 12.0. The number of aliphatic carboxylic acids is 1. The number of carboxylic acid groups (broad SMARTS) is 1. The maximum atomic E-state index is 11.1. The molecule has 0 saturated carbocycles. The maximum Gasteiger partial charge on any atom is 0.354 e. The molecule has 0 unspecified atom stereocenters. The number of carbonyl (C=O) groups is 1. The number of dihydropyridines is 1. The Balaban J connectivity index is 3.12. The Morgan fingerprint density at radius 3 is 2.27 bits per heavy atom. The Labute approximate surface area is 86.5 Å². The van der Waals surface area contributed by atoms with Gasteiger partial charge < -0.3 is 20.2 Å². The second kappa shape index (κ2) is 3.81. The van der Waals surface area contributed by atoms with E-state index >= 15 is 0 Å². The first-order valence-electron chi connectivity index (χ1n) is 4.19. The highest BCUT2D eigenvalue weighted by atomic mass is 31.2. The summed E-state index contributed by atoms with van der Waals surface area (Å²) in [7, 11) is -4.38. The van der Waals surface area contributed by atoms with Gasteiger partial charge in [0, 0.05) is 17.8 Å². The first-order chi connectivity index (χ1) is 6.73. The summed E-state index contributed by atoms with van der Waals surface area (Å²) in [5.41, 5.74) is 0.724. The summed E-state index contributed by atoms with van der Waals surface area (Å²) in [4.78, 5) is 28.8. The molecule has 0 radical (unpaired) electrons. The number of carboxylic acids is 1. The van der Waals surface area contributed by atoms with E-state index in [4.69, 9.17) is 14.9 Å². The van der Waals surface area contributed by atoms with Gasteiger partial charge in [-0.3, -0.25) is 4.57 Å². The third-order valence-electron chi connectivity index (χ3n) is 2.21. The number of nitrogens with one attached hydrogen (secondary N) is 1. The average Bonchev–Trinajstić information content (AvgIpc) is 2.00. The van der Waals surface area contributed by atoms with E-state index in [1.165, 1.54) is 6.92 Å². The predicted octanol–water partition coefficient (Wildman–Crippen LogP) is 0.748. The predicted molar refractivity (Wildman–Crippen MR) is 52.8 cm³/mol. The molecule has 0 aliphatic carbocycles. The highest BCUT2D eigenvalue weighted by Crippen LogP contribution is 2.50. The fourth-order valence-electron chi connectivity index (χ4n) is 1.42. The first-order valence-corrected chi connectivity index (χ1v) is 5.80. The van der Waals surface area contributed by atoms with Crippen molar-refractivity contribution in [3.63, 3.8) is 0 Å². The van der Waals surface area contributed by atoms with Crippen LogP contribution >= 0.6 is 7.60 Å². The van der Waals surface area contributed by atoms with Crippen molar-refractivity contribution in [2.45, 2.75) is 20.3 Å². The van der Waals surface area contributed by atoms with Crippen molar-refractivity contribution in [2.75, 3.05) is 0 Å². The van der Waals surface area contributed by atoms with Crippen molar-refractivity contribution in [3.05, 3.63) is 22.3 Å². The molecular formula is C8H12NO5P. The van der Waals surface area contributed by atoms with Crippen molar-refractivity contribution in [2.24, 2.45) is 0 Å². The van der Waals surface area contributed by atoms with Crippen molar-refractivity contribution < 1.29 is 24.3 Å². The van der Waals surface area contributed by atoms with Crippen molar-refractivity contribution in [1.29, 1.82) is 0 Å². The van der Waals surface area contributed by atoms with E-state index in [0.717, 1.165) is 0 Å². The SMILES string of the molecule is CC1=C(C(=O)O)CC(P(=O)(O)O)=C(C)N1. The van der Waals surface area contributed by atoms with Gasteiger partial charge in [-0.25, -0.2) is 4.79 Å². The third kappa shape index (κ3) is 2.47. The van der Waals surface area contributed by atoms with Crippen LogP contribution in [0.15, 0.2) is 22.3 Å². The summed E-state index contributed by atoms with van der Waals surface area (Å²) in [5, 5.41) is 11.3. The lowest BCUT2D eigenvalue weighted by Crippen LogP contribution is -2.21. The molecule has 0 aromatic carbocycles. The number of hydrogen-bond donors (Lipinski definition) is 4. The smallest absolute Gasteiger partial charge is 0.354 e. The van der Waals surface area contributed by atoms with Gasteiger partial charge in [-0.1, -0.05) is 0 Å². The fraction of sp³-hybridized carbons (Fsp3) is 0.375. The lowest BCUT2D eigenvalue weighted by Gasteiger charge is -2.22. The summed E-state index contributed by atoms with van der Waals surface area (Å²) < 4.78 is 11.1. The largest absolute Gasteiger partial charge is 0.478 e. The minimum absolute atomic E-state index is 0.0149. The topological polar surface area (TPSA) is 107 Å². The molecule has 0 aromatic heterocycles. The van der Waals surface area contributed by atoms with E-state index in [0.29, 0.717) is 11.4 Å². The van der Waals surface area contributed by atoms with Gasteiger partial charge in [-0.15, -0.1) is 0 Å². The van der Waals surface area contributed by atoms with Crippen LogP contribution in [0.2, 0.25) is 0 Å². The second-order valence-electron chi connectivity index (χ2n) is 3.33. The van der Waals surface area contributed by atoms with Crippen LogP contribution in [-0.2, 0) is 9.36 Å². The molecule has 7 heteroatoms. The summed E-state index contributed by atoms with van der Waals surface area (Å²) in [5.74, 6) is -1.17. The monoisotopic (exact) mass is 233 g/mol. The Morgan fingerprint density at radius 2 is 1.87 bits per heavy atom. The quantitative estimate of drug-likeness (QED) is 0.524. The van der Waals surface area contributed by atoms with Crippen LogP contribution in [0.5, 0.6) is 0 Å². The molecular weight excluding hydrogens is 221 g/mol. The Morgan fingerprint density at radius 1 is 1.33 bits per heavy atom. The highest BCUT2D eigenvalue weighted by molar-refractivity contribution is 7.56. The van der Waals surface area contributed by atoms with E-state index < -0.39 is 13.6 Å². The van der Waals surface area contributed by atoms with E-state index in [1.54, 1.807) is 6.92 Å². The van der Waals surface area contributed by atoms with Crippen LogP contribution < -0.4 is 5.32 Å². The van der Waals surface area contributed by atoms with Gasteiger partial charge in [0.25, 0.3) is 0 Å². The van der Waals surface area contributed by atoms with Gasteiger partial charge in [-0.05, 0) is 13.8 Å². The van der Waals surface area contributed by atoms with Crippen LogP contribution in [0.25, 0.3) is 0 Å². The minimum Gasteiger partial charge on any atom is -0.478 e. The van der Waals surface area contributed by atoms with Gasteiger partial charge in [-0.2, -0.15) is 0 Å². The summed E-state index contributed by atoms with van der Waals surface area (Å²) in [6, 6.07) is 0. The molecule has 1 heterocycles. The van der Waals surface area contributed by atoms with E-state index in [9.17, 15) is 9.36 Å². The molecule has 15 heavy (non-hydrogen) atoms. The standard InChI is InChI=1S/C8H12NO5P/c1-4-6(8(10)11)3-7(5(2)9-4)15(12,13)14/h9H,3H2,1-2H3,(H,10,11)(H2,12,13,14). The summed E-state index contributed by atoms with van der Waals surface area (Å²) in [6.07, 6.45) is -0.218. The summed E-state index contributed by atoms with van der Waals surface area (Å²) >= 11 is 0. The minimum atomic E-state index is -4.38. The lowest BCUT2D eigenvalue weighted by atomic mass is 10.1. The molecule has 0 spiro atoms. The molecule has 4 N–H and O–H groups in total. The number of rotatable bonds is 2. The average molecular weight is 233 g/mol. The van der Waals surface area contributed by atoms with Crippen molar-refractivity contribution >= 4 is 13.6 Å². The molecule has 1 aliphatic heterocycles. The zero-order chi connectivity index (χ0) is 11.8. The molecule has 84 valence electrons. The van der Waals surface area contributed by atoms with Crippen molar-refractivity contribution in [1.82, 2.24) is 5.32 Å². The molecule has 0 fully saturated rings. The van der Waals surface area contributed by atoms with Gasteiger partial charge in [0.05, 0.1) is 10.9 Å². The zero-order valence-corrected chi connectivity index (χ0v) is 9.21. The lowest BCUT2D eigenvalue weighted by molar-refractivity contribution is -0.132. The van der Waals surface area contributed by atoms with Crippen LogP contribution in [0.1, 0.15) is 20.3 Å². The molecule has 0 atom stereocenters. The number of hydrogen-bond acceptors (Lipinski definition) is 3. The number of allylic oxidation sites excluding steroid dienone is 3. The van der Waals surface area contributed by atoms with Crippen LogP contribution in [0.4, 0.5) is 0 Å². The Kier molecular flexibility index (Phi) is 3.04. The van der Waals surface area contributed by atoms with Gasteiger partial charge in [0.15, 0.2) is 0 Å². The molecule has 0 amide bonds. The van der Waals surface area contributed by atoms with Crippen LogP contribution in [0.3, 0.4) is 0 Å². The van der Waals surface area contributed by atoms with Crippen LogP contribution in [-0.4, -0.2) is 20.9 Å². The fourth-order valence-corrected chi connectivity index (χ4v) is 2.28. The molecule has 0 aromatic rings. The van der Waals surface area contributed by atoms with E-state index in [2.05, 4.69) is 5.32 Å². The van der Waals surface area contributed by atoms with Crippen molar-refractivity contribution in [3.8, 4) is 0 Å². The van der Waals surface area contributed by atoms with Crippen LogP contribution in [0, 0.1) is 0 Å². The Bertz CT molecular complexity index is 417. The van der Waals surface area contributed by atoms with Gasteiger partial charge in [0.2, 0.25) is 0 Å². The normalized spacial score (nSPS) is 17.9. The molecule has 6 nitrogen and oxygen atoms in total. The molecule has 1 rings (SSSR count). The van der Waals surface area contributed by atoms with E-state index in [-0.39, 0.29) is 17.3 Å². The summed E-state index contributed by atoms with van der Waals surface area (Å²) in [6.45, 7) is 3.07. The second-order valence-corrected chi connectivity index (χ2v) is 4.95.